The molecule has 0 aromatic carbocycles. The van der Waals surface area contributed by atoms with Gasteiger partial charge in [0.1, 0.15) is 5.82 Å². The lowest BCUT2D eigenvalue weighted by Crippen LogP contribution is -2.20. The van der Waals surface area contributed by atoms with Gasteiger partial charge in [0, 0.05) is 12.0 Å². The van der Waals surface area contributed by atoms with E-state index in [2.05, 4.69) is 22.4 Å². The van der Waals surface area contributed by atoms with Crippen molar-refractivity contribution in [2.45, 2.75) is 32.6 Å². The summed E-state index contributed by atoms with van der Waals surface area (Å²) in [6.45, 7) is 2.05. The third-order valence-electron chi connectivity index (χ3n) is 3.18. The average molecular weight is 253 g/mol. The summed E-state index contributed by atoms with van der Waals surface area (Å²) in [6.07, 6.45) is 5.63. The van der Waals surface area contributed by atoms with Crippen molar-refractivity contribution in [1.29, 1.82) is 0 Å². The number of hydrogen-bond acceptors (Lipinski definition) is 3. The maximum atomic E-state index is 11.9. The zero-order valence-electron chi connectivity index (χ0n) is 10.2. The number of amides is 1. The van der Waals surface area contributed by atoms with E-state index in [9.17, 15) is 4.79 Å². The van der Waals surface area contributed by atoms with Crippen LogP contribution in [0.15, 0.2) is 6.20 Å². The van der Waals surface area contributed by atoms with Gasteiger partial charge in [0.25, 0.3) is 0 Å². The van der Waals surface area contributed by atoms with Gasteiger partial charge in [0.05, 0.1) is 6.20 Å². The topological polar surface area (TPSA) is 57.8 Å². The number of nitrogens with zero attached hydrogens (tertiary/aromatic N) is 1. The van der Waals surface area contributed by atoms with Crippen LogP contribution in [0.2, 0.25) is 0 Å². The molecular weight excluding hydrogens is 234 g/mol. The van der Waals surface area contributed by atoms with Crippen molar-refractivity contribution < 1.29 is 4.79 Å². The van der Waals surface area contributed by atoms with Crippen molar-refractivity contribution in [2.24, 2.45) is 5.92 Å². The van der Waals surface area contributed by atoms with Crippen LogP contribution in [0.1, 0.15) is 31.7 Å². The van der Waals surface area contributed by atoms with Gasteiger partial charge in [-0.05, 0) is 36.7 Å². The largest absolute Gasteiger partial charge is 0.311 e. The number of rotatable bonds is 4. The first-order valence-corrected chi connectivity index (χ1v) is 7.35. The van der Waals surface area contributed by atoms with Crippen LogP contribution in [-0.2, 0) is 11.2 Å². The number of nitrogens with one attached hydrogen (secondary N) is 2. The molecule has 2 N–H and O–H groups in total. The van der Waals surface area contributed by atoms with Crippen molar-refractivity contribution >= 4 is 23.5 Å². The molecule has 1 aliphatic rings. The van der Waals surface area contributed by atoms with Gasteiger partial charge in [-0.3, -0.25) is 9.89 Å². The van der Waals surface area contributed by atoms with Crippen LogP contribution in [-0.4, -0.2) is 27.6 Å². The van der Waals surface area contributed by atoms with Crippen LogP contribution in [0.25, 0.3) is 0 Å². The number of carbonyl (C=O) groups is 1. The molecule has 2 rings (SSSR count). The van der Waals surface area contributed by atoms with E-state index < -0.39 is 0 Å². The predicted octanol–water partition coefficient (Wildman–Crippen LogP) is 2.44. The fraction of sp³-hybridized carbons (Fsp3) is 0.667. The Morgan fingerprint density at radius 3 is 3.06 bits per heavy atom. The molecule has 4 nitrogen and oxygen atoms in total. The first-order valence-electron chi connectivity index (χ1n) is 6.19. The molecule has 1 amide bonds. The first kappa shape index (κ1) is 12.5. The molecule has 0 spiro atoms. The molecule has 2 heterocycles. The number of carbonyl (C=O) groups excluding carboxylic acids is 1. The Hall–Kier alpha value is -0.970. The molecule has 1 fully saturated rings. The van der Waals surface area contributed by atoms with Gasteiger partial charge in [-0.25, -0.2) is 0 Å². The van der Waals surface area contributed by atoms with Crippen molar-refractivity contribution in [1.82, 2.24) is 10.2 Å². The van der Waals surface area contributed by atoms with E-state index in [0.29, 0.717) is 12.3 Å². The van der Waals surface area contributed by atoms with Crippen LogP contribution in [0, 0.1) is 5.92 Å². The SMILES string of the molecule is CCc1cn[nH]c1NC(=O)CC1CCSCC1. The van der Waals surface area contributed by atoms with E-state index >= 15 is 0 Å². The first-order chi connectivity index (χ1) is 8.29. The highest BCUT2D eigenvalue weighted by Crippen LogP contribution is 2.25. The van der Waals surface area contributed by atoms with Gasteiger partial charge in [0.15, 0.2) is 0 Å². The van der Waals surface area contributed by atoms with Crippen molar-refractivity contribution in [3.05, 3.63) is 11.8 Å². The lowest BCUT2D eigenvalue weighted by atomic mass is 9.98. The highest BCUT2D eigenvalue weighted by Gasteiger charge is 2.18. The summed E-state index contributed by atoms with van der Waals surface area (Å²) in [5, 5.41) is 9.71. The van der Waals surface area contributed by atoms with Gasteiger partial charge < -0.3 is 5.32 Å². The van der Waals surface area contributed by atoms with E-state index in [1.807, 2.05) is 11.8 Å². The molecule has 1 aliphatic heterocycles. The molecule has 0 radical (unpaired) electrons. The highest BCUT2D eigenvalue weighted by atomic mass is 32.2. The summed E-state index contributed by atoms with van der Waals surface area (Å²) in [4.78, 5) is 11.9. The lowest BCUT2D eigenvalue weighted by molar-refractivity contribution is -0.117. The predicted molar refractivity (Wildman–Crippen MR) is 71.3 cm³/mol. The number of hydrogen-bond donors (Lipinski definition) is 2. The lowest BCUT2D eigenvalue weighted by Gasteiger charge is -2.20. The zero-order chi connectivity index (χ0) is 12.1. The molecule has 1 saturated heterocycles. The normalized spacial score (nSPS) is 17.0. The molecule has 5 heteroatoms. The van der Waals surface area contributed by atoms with Crippen molar-refractivity contribution in [3.63, 3.8) is 0 Å². The molecule has 94 valence electrons. The summed E-state index contributed by atoms with van der Waals surface area (Å²) in [6, 6.07) is 0. The molecule has 0 saturated carbocycles. The zero-order valence-corrected chi connectivity index (χ0v) is 11.0. The molecule has 1 aromatic heterocycles. The standard InChI is InChI=1S/C12H19N3OS/c1-2-10-8-13-15-12(10)14-11(16)7-9-3-5-17-6-4-9/h8-9H,2-7H2,1H3,(H2,13,14,15,16). The Labute approximate surface area is 106 Å². The maximum Gasteiger partial charge on any atom is 0.225 e. The number of aromatic nitrogens is 2. The molecule has 17 heavy (non-hydrogen) atoms. The molecule has 0 atom stereocenters. The number of aryl methyl sites for hydroxylation is 1. The quantitative estimate of drug-likeness (QED) is 0.866. The number of aromatic amines is 1. The van der Waals surface area contributed by atoms with Crippen LogP contribution in [0.3, 0.4) is 0 Å². The number of anilines is 1. The third kappa shape index (κ3) is 3.49. The van der Waals surface area contributed by atoms with E-state index in [0.717, 1.165) is 17.8 Å². The minimum absolute atomic E-state index is 0.112. The van der Waals surface area contributed by atoms with Crippen LogP contribution >= 0.6 is 11.8 Å². The summed E-state index contributed by atoms with van der Waals surface area (Å²) in [7, 11) is 0. The van der Waals surface area contributed by atoms with E-state index in [1.165, 1.54) is 24.3 Å². The Kier molecular flexibility index (Phi) is 4.48. The van der Waals surface area contributed by atoms with Gasteiger partial charge in [-0.15, -0.1) is 0 Å². The monoisotopic (exact) mass is 253 g/mol. The van der Waals surface area contributed by atoms with Crippen LogP contribution < -0.4 is 5.32 Å². The Bertz CT molecular complexity index is 372. The summed E-state index contributed by atoms with van der Waals surface area (Å²) >= 11 is 1.99. The second kappa shape index (κ2) is 6.10. The maximum absolute atomic E-state index is 11.9. The smallest absolute Gasteiger partial charge is 0.225 e. The summed E-state index contributed by atoms with van der Waals surface area (Å²) in [5.41, 5.74) is 1.07. The van der Waals surface area contributed by atoms with Crippen molar-refractivity contribution in [2.75, 3.05) is 16.8 Å². The molecule has 0 unspecified atom stereocenters. The Balaban J connectivity index is 1.84. The van der Waals surface area contributed by atoms with Gasteiger partial charge >= 0.3 is 0 Å². The van der Waals surface area contributed by atoms with Crippen molar-refractivity contribution in [3.8, 4) is 0 Å². The number of H-pyrrole nitrogens is 1. The average Bonchev–Trinajstić information content (AvgIpc) is 2.77. The van der Waals surface area contributed by atoms with Crippen LogP contribution in [0.4, 0.5) is 5.82 Å². The molecule has 0 aliphatic carbocycles. The van der Waals surface area contributed by atoms with Gasteiger partial charge in [0.2, 0.25) is 5.91 Å². The van der Waals surface area contributed by atoms with E-state index in [4.69, 9.17) is 0 Å². The van der Waals surface area contributed by atoms with Crippen LogP contribution in [0.5, 0.6) is 0 Å². The summed E-state index contributed by atoms with van der Waals surface area (Å²) < 4.78 is 0. The minimum atomic E-state index is 0.112. The second-order valence-electron chi connectivity index (χ2n) is 4.43. The van der Waals surface area contributed by atoms with Gasteiger partial charge in [-0.2, -0.15) is 16.9 Å². The summed E-state index contributed by atoms with van der Waals surface area (Å²) in [5.74, 6) is 3.83. The van der Waals surface area contributed by atoms with E-state index in [-0.39, 0.29) is 5.91 Å². The van der Waals surface area contributed by atoms with Gasteiger partial charge in [-0.1, -0.05) is 6.92 Å². The minimum Gasteiger partial charge on any atom is -0.311 e. The number of thioether (sulfide) groups is 1. The fourth-order valence-electron chi connectivity index (χ4n) is 2.09. The Morgan fingerprint density at radius 2 is 2.35 bits per heavy atom. The molecular formula is C12H19N3OS. The Morgan fingerprint density at radius 1 is 1.59 bits per heavy atom. The molecule has 0 bridgehead atoms. The third-order valence-corrected chi connectivity index (χ3v) is 4.23. The molecule has 1 aromatic rings. The van der Waals surface area contributed by atoms with E-state index in [1.54, 1.807) is 6.20 Å². The second-order valence-corrected chi connectivity index (χ2v) is 5.66. The highest BCUT2D eigenvalue weighted by molar-refractivity contribution is 7.99. The fourth-order valence-corrected chi connectivity index (χ4v) is 3.29.